The van der Waals surface area contributed by atoms with Crippen molar-refractivity contribution in [3.8, 4) is 5.75 Å². The lowest BCUT2D eigenvalue weighted by atomic mass is 10.2. The lowest BCUT2D eigenvalue weighted by molar-refractivity contribution is -0.115. The molecule has 2 aromatic rings. The van der Waals surface area contributed by atoms with Crippen LogP contribution in [-0.2, 0) is 4.79 Å². The van der Waals surface area contributed by atoms with Gasteiger partial charge in [-0.2, -0.15) is 0 Å². The lowest BCUT2D eigenvalue weighted by Crippen LogP contribution is -2.19. The first-order chi connectivity index (χ1) is 14.0. The van der Waals surface area contributed by atoms with Gasteiger partial charge in [0.05, 0.1) is 17.2 Å². The second-order valence-electron chi connectivity index (χ2n) is 7.54. The summed E-state index contributed by atoms with van der Waals surface area (Å²) in [7, 11) is 0. The number of hydrogen-bond donors (Lipinski definition) is 1. The highest BCUT2D eigenvalue weighted by molar-refractivity contribution is 8.18. The standard InChI is InChI=1S/C23H27N3O2S/c1-4-28-20-11-9-18(10-12-20)24-23-25-22(27)21(29-23)14-17-13-15(2)26(16(17)3)19-7-5-6-8-19/h9-14,19H,4-8H2,1-3H3,(H,24,25,27)/b21-14-. The van der Waals surface area contributed by atoms with E-state index in [1.54, 1.807) is 0 Å². The summed E-state index contributed by atoms with van der Waals surface area (Å²) in [6.07, 6.45) is 7.11. The fraction of sp³-hybridized carbons (Fsp3) is 0.391. The van der Waals surface area contributed by atoms with Crippen molar-refractivity contribution in [1.29, 1.82) is 0 Å². The Kier molecular flexibility index (Phi) is 5.81. The van der Waals surface area contributed by atoms with Crippen molar-refractivity contribution in [2.45, 2.75) is 52.5 Å². The second-order valence-corrected chi connectivity index (χ2v) is 8.57. The highest BCUT2D eigenvalue weighted by Crippen LogP contribution is 2.35. The molecule has 1 aliphatic heterocycles. The van der Waals surface area contributed by atoms with Crippen molar-refractivity contribution in [3.05, 3.63) is 52.2 Å². The molecule has 6 heteroatoms. The van der Waals surface area contributed by atoms with E-state index in [0.717, 1.165) is 17.0 Å². The summed E-state index contributed by atoms with van der Waals surface area (Å²) < 4.78 is 7.91. The van der Waals surface area contributed by atoms with Crippen LogP contribution in [0.25, 0.3) is 6.08 Å². The van der Waals surface area contributed by atoms with E-state index in [0.29, 0.717) is 22.7 Å². The number of amidine groups is 1. The summed E-state index contributed by atoms with van der Waals surface area (Å²) in [5.74, 6) is 0.725. The quantitative estimate of drug-likeness (QED) is 0.663. The Morgan fingerprint density at radius 2 is 1.97 bits per heavy atom. The van der Waals surface area contributed by atoms with E-state index in [9.17, 15) is 4.79 Å². The van der Waals surface area contributed by atoms with Crippen LogP contribution < -0.4 is 10.1 Å². The third kappa shape index (κ3) is 4.27. The Morgan fingerprint density at radius 1 is 1.24 bits per heavy atom. The lowest BCUT2D eigenvalue weighted by Gasteiger charge is -2.17. The Labute approximate surface area is 176 Å². The van der Waals surface area contributed by atoms with Crippen molar-refractivity contribution in [3.63, 3.8) is 0 Å². The molecule has 1 amide bonds. The fourth-order valence-electron chi connectivity index (χ4n) is 4.20. The minimum Gasteiger partial charge on any atom is -0.494 e. The SMILES string of the molecule is CCOc1ccc(N=C2NC(=O)/C(=C/c3cc(C)n(C4CCCC4)c3C)S2)cc1. The number of aliphatic imine (C=N–C) groups is 1. The zero-order valence-electron chi connectivity index (χ0n) is 17.2. The topological polar surface area (TPSA) is 55.6 Å². The number of aromatic nitrogens is 1. The van der Waals surface area contributed by atoms with Gasteiger partial charge in [0.1, 0.15) is 5.75 Å². The monoisotopic (exact) mass is 409 g/mol. The number of amides is 1. The molecule has 1 saturated carbocycles. The van der Waals surface area contributed by atoms with Crippen LogP contribution >= 0.6 is 11.8 Å². The zero-order valence-corrected chi connectivity index (χ0v) is 18.0. The molecule has 29 heavy (non-hydrogen) atoms. The van der Waals surface area contributed by atoms with E-state index >= 15 is 0 Å². The number of nitrogens with zero attached hydrogens (tertiary/aromatic N) is 2. The molecular formula is C23H27N3O2S. The van der Waals surface area contributed by atoms with Gasteiger partial charge >= 0.3 is 0 Å². The molecule has 1 N–H and O–H groups in total. The largest absolute Gasteiger partial charge is 0.494 e. The van der Waals surface area contributed by atoms with Gasteiger partial charge in [-0.15, -0.1) is 0 Å². The van der Waals surface area contributed by atoms with Crippen LogP contribution in [0, 0.1) is 13.8 Å². The first-order valence-electron chi connectivity index (χ1n) is 10.3. The van der Waals surface area contributed by atoms with Crippen molar-refractivity contribution in [2.75, 3.05) is 6.61 Å². The number of rotatable bonds is 5. The van der Waals surface area contributed by atoms with Crippen molar-refractivity contribution in [1.82, 2.24) is 9.88 Å². The molecule has 0 unspecified atom stereocenters. The van der Waals surface area contributed by atoms with Crippen LogP contribution in [0.3, 0.4) is 0 Å². The second kappa shape index (κ2) is 8.49. The average Bonchev–Trinajstić information content (AvgIpc) is 3.39. The van der Waals surface area contributed by atoms with E-state index in [4.69, 9.17) is 4.74 Å². The third-order valence-corrected chi connectivity index (χ3v) is 6.44. The van der Waals surface area contributed by atoms with Crippen LogP contribution in [0.5, 0.6) is 5.75 Å². The van der Waals surface area contributed by atoms with E-state index in [1.165, 1.54) is 48.8 Å². The predicted octanol–water partition coefficient (Wildman–Crippen LogP) is 5.51. The summed E-state index contributed by atoms with van der Waals surface area (Å²) in [5, 5.41) is 3.48. The van der Waals surface area contributed by atoms with Gasteiger partial charge in [0.25, 0.3) is 5.91 Å². The molecule has 4 rings (SSSR count). The molecule has 1 saturated heterocycles. The first kappa shape index (κ1) is 19.8. The maximum Gasteiger partial charge on any atom is 0.264 e. The zero-order chi connectivity index (χ0) is 20.4. The normalized spacial score (nSPS) is 20.0. The number of ether oxygens (including phenoxy) is 1. The first-order valence-corrected chi connectivity index (χ1v) is 11.1. The van der Waals surface area contributed by atoms with E-state index in [1.807, 2.05) is 37.3 Å². The number of carbonyl (C=O) groups is 1. The summed E-state index contributed by atoms with van der Waals surface area (Å²) in [4.78, 5) is 17.7. The Bertz CT molecular complexity index is 967. The minimum atomic E-state index is -0.0923. The molecule has 152 valence electrons. The number of hydrogen-bond acceptors (Lipinski definition) is 4. The van der Waals surface area contributed by atoms with Crippen LogP contribution in [-0.4, -0.2) is 22.2 Å². The van der Waals surface area contributed by atoms with Crippen molar-refractivity contribution >= 4 is 34.6 Å². The van der Waals surface area contributed by atoms with E-state index in [-0.39, 0.29) is 5.91 Å². The van der Waals surface area contributed by atoms with Crippen molar-refractivity contribution < 1.29 is 9.53 Å². The van der Waals surface area contributed by atoms with Gasteiger partial charge < -0.3 is 14.6 Å². The van der Waals surface area contributed by atoms with Crippen LogP contribution in [0.15, 0.2) is 40.2 Å². The molecule has 2 aliphatic rings. The third-order valence-electron chi connectivity index (χ3n) is 5.53. The minimum absolute atomic E-state index is 0.0923. The van der Waals surface area contributed by atoms with Gasteiger partial charge in [-0.25, -0.2) is 4.99 Å². The molecule has 2 fully saturated rings. The molecule has 0 spiro atoms. The molecule has 1 aromatic carbocycles. The summed E-state index contributed by atoms with van der Waals surface area (Å²) >= 11 is 1.39. The molecule has 0 atom stereocenters. The summed E-state index contributed by atoms with van der Waals surface area (Å²) in [6, 6.07) is 10.3. The highest BCUT2D eigenvalue weighted by atomic mass is 32.2. The van der Waals surface area contributed by atoms with Gasteiger partial charge in [-0.1, -0.05) is 12.8 Å². The Balaban J connectivity index is 1.53. The highest BCUT2D eigenvalue weighted by Gasteiger charge is 2.26. The van der Waals surface area contributed by atoms with Gasteiger partial charge in [0, 0.05) is 17.4 Å². The molecule has 1 aliphatic carbocycles. The number of carbonyl (C=O) groups excluding carboxylic acids is 1. The maximum atomic E-state index is 12.5. The van der Waals surface area contributed by atoms with Gasteiger partial charge in [-0.05, 0) is 87.3 Å². The molecule has 2 heterocycles. The summed E-state index contributed by atoms with van der Waals surface area (Å²) in [5.41, 5.74) is 4.42. The maximum absolute atomic E-state index is 12.5. The smallest absolute Gasteiger partial charge is 0.264 e. The van der Waals surface area contributed by atoms with Crippen LogP contribution in [0.2, 0.25) is 0 Å². The number of benzene rings is 1. The molecule has 5 nitrogen and oxygen atoms in total. The predicted molar refractivity (Wildman–Crippen MR) is 120 cm³/mol. The van der Waals surface area contributed by atoms with Gasteiger partial charge in [0.15, 0.2) is 5.17 Å². The van der Waals surface area contributed by atoms with Crippen LogP contribution in [0.4, 0.5) is 5.69 Å². The Hall–Kier alpha value is -2.47. The Morgan fingerprint density at radius 3 is 2.66 bits per heavy atom. The van der Waals surface area contributed by atoms with Gasteiger partial charge in [0.2, 0.25) is 0 Å². The molecule has 1 aromatic heterocycles. The van der Waals surface area contributed by atoms with Crippen LogP contribution in [0.1, 0.15) is 55.6 Å². The number of thioether (sulfide) groups is 1. The number of nitrogens with one attached hydrogen (secondary N) is 1. The fourth-order valence-corrected chi connectivity index (χ4v) is 5.03. The summed E-state index contributed by atoms with van der Waals surface area (Å²) in [6.45, 7) is 6.91. The number of aryl methyl sites for hydroxylation is 1. The molecule has 0 bridgehead atoms. The van der Waals surface area contributed by atoms with Gasteiger partial charge in [-0.3, -0.25) is 4.79 Å². The average molecular weight is 410 g/mol. The molecular weight excluding hydrogens is 382 g/mol. The molecule has 0 radical (unpaired) electrons. The van der Waals surface area contributed by atoms with E-state index in [2.05, 4.69) is 34.8 Å². The van der Waals surface area contributed by atoms with Crippen molar-refractivity contribution in [2.24, 2.45) is 4.99 Å². The van der Waals surface area contributed by atoms with E-state index < -0.39 is 0 Å².